The molecule has 3 N–H and O–H groups in total. The number of carbonyl (C=O) groups excluding carboxylic acids is 3. The number of hydrogen-bond donors (Lipinski definition) is 2. The fourth-order valence-corrected chi connectivity index (χ4v) is 1.39. The minimum Gasteiger partial charge on any atom is -0.343 e. The number of nitrogens with one attached hydrogen (secondary N) is 1. The Kier molecular flexibility index (Phi) is 3.32. The third-order valence-electron chi connectivity index (χ3n) is 2.54. The van der Waals surface area contributed by atoms with Crippen molar-refractivity contribution in [3.63, 3.8) is 0 Å². The third kappa shape index (κ3) is 2.57. The van der Waals surface area contributed by atoms with Crippen LogP contribution < -0.4 is 11.1 Å². The van der Waals surface area contributed by atoms with Crippen LogP contribution in [0.3, 0.4) is 0 Å². The van der Waals surface area contributed by atoms with Crippen molar-refractivity contribution in [3.8, 4) is 0 Å². The standard InChI is InChI=1S/C10H17N3O3/c1-10(2,11)9(16)12-6-4-5-7(14)13(3)8(6)15/h6H,4-5,11H2,1-3H3,(H,12,16). The van der Waals surface area contributed by atoms with Crippen LogP contribution in [0.1, 0.15) is 26.7 Å². The molecule has 6 heteroatoms. The maximum atomic E-state index is 11.6. The number of imide groups is 1. The molecular weight excluding hydrogens is 210 g/mol. The topological polar surface area (TPSA) is 92.5 Å². The van der Waals surface area contributed by atoms with E-state index in [2.05, 4.69) is 5.32 Å². The lowest BCUT2D eigenvalue weighted by Crippen LogP contribution is -2.58. The fraction of sp³-hybridized carbons (Fsp3) is 0.700. The van der Waals surface area contributed by atoms with E-state index in [0.717, 1.165) is 4.90 Å². The normalized spacial score (nSPS) is 22.2. The monoisotopic (exact) mass is 227 g/mol. The summed E-state index contributed by atoms with van der Waals surface area (Å²) >= 11 is 0. The average molecular weight is 227 g/mol. The maximum Gasteiger partial charge on any atom is 0.251 e. The molecule has 0 saturated carbocycles. The molecule has 1 rings (SSSR count). The smallest absolute Gasteiger partial charge is 0.251 e. The predicted molar refractivity (Wildman–Crippen MR) is 57.2 cm³/mol. The largest absolute Gasteiger partial charge is 0.343 e. The zero-order chi connectivity index (χ0) is 12.5. The molecule has 0 aliphatic carbocycles. The molecule has 3 amide bonds. The van der Waals surface area contributed by atoms with Crippen LogP contribution in [-0.2, 0) is 14.4 Å². The van der Waals surface area contributed by atoms with Gasteiger partial charge in [0.05, 0.1) is 5.54 Å². The van der Waals surface area contributed by atoms with E-state index >= 15 is 0 Å². The Morgan fingerprint density at radius 3 is 2.56 bits per heavy atom. The molecule has 1 aliphatic heterocycles. The second-order valence-electron chi connectivity index (χ2n) is 4.58. The molecule has 1 atom stereocenters. The van der Waals surface area contributed by atoms with Crippen LogP contribution in [0.5, 0.6) is 0 Å². The van der Waals surface area contributed by atoms with E-state index in [0.29, 0.717) is 6.42 Å². The van der Waals surface area contributed by atoms with Crippen molar-refractivity contribution in [2.75, 3.05) is 7.05 Å². The number of likely N-dealkylation sites (N-methyl/N-ethyl adjacent to an activating group) is 1. The lowest BCUT2D eigenvalue weighted by atomic mass is 10.0. The average Bonchev–Trinajstić information content (AvgIpc) is 2.17. The van der Waals surface area contributed by atoms with Crippen LogP contribution >= 0.6 is 0 Å². The van der Waals surface area contributed by atoms with Crippen molar-refractivity contribution in [3.05, 3.63) is 0 Å². The first-order chi connectivity index (χ1) is 7.23. The summed E-state index contributed by atoms with van der Waals surface area (Å²) in [4.78, 5) is 35.5. The third-order valence-corrected chi connectivity index (χ3v) is 2.54. The maximum absolute atomic E-state index is 11.6. The summed E-state index contributed by atoms with van der Waals surface area (Å²) in [5, 5.41) is 2.55. The Balaban J connectivity index is 2.66. The van der Waals surface area contributed by atoms with Crippen molar-refractivity contribution in [2.24, 2.45) is 5.73 Å². The van der Waals surface area contributed by atoms with E-state index in [9.17, 15) is 14.4 Å². The van der Waals surface area contributed by atoms with Gasteiger partial charge >= 0.3 is 0 Å². The molecule has 0 aromatic rings. The van der Waals surface area contributed by atoms with E-state index in [-0.39, 0.29) is 18.2 Å². The fourth-order valence-electron chi connectivity index (χ4n) is 1.39. The zero-order valence-corrected chi connectivity index (χ0v) is 9.74. The number of hydrogen-bond acceptors (Lipinski definition) is 4. The second kappa shape index (κ2) is 4.21. The van der Waals surface area contributed by atoms with E-state index < -0.39 is 17.5 Å². The van der Waals surface area contributed by atoms with Gasteiger partial charge in [-0.2, -0.15) is 0 Å². The van der Waals surface area contributed by atoms with Crippen LogP contribution in [0, 0.1) is 0 Å². The molecule has 0 radical (unpaired) electrons. The van der Waals surface area contributed by atoms with Gasteiger partial charge in [0.15, 0.2) is 0 Å². The highest BCUT2D eigenvalue weighted by Gasteiger charge is 2.34. The van der Waals surface area contributed by atoms with Crippen LogP contribution in [0.4, 0.5) is 0 Å². The Morgan fingerprint density at radius 1 is 1.50 bits per heavy atom. The SMILES string of the molecule is CN1C(=O)CCC(NC(=O)C(C)(C)N)C1=O. The Bertz CT molecular complexity index is 333. The highest BCUT2D eigenvalue weighted by molar-refractivity contribution is 6.02. The number of piperidine rings is 1. The first kappa shape index (κ1) is 12.6. The van der Waals surface area contributed by atoms with Crippen LogP contribution in [-0.4, -0.2) is 41.2 Å². The molecule has 90 valence electrons. The molecule has 1 aliphatic rings. The molecule has 6 nitrogen and oxygen atoms in total. The van der Waals surface area contributed by atoms with Gasteiger partial charge in [0.2, 0.25) is 11.8 Å². The van der Waals surface area contributed by atoms with Gasteiger partial charge < -0.3 is 11.1 Å². The molecule has 0 aromatic carbocycles. The Morgan fingerprint density at radius 2 is 2.06 bits per heavy atom. The Labute approximate surface area is 94.2 Å². The first-order valence-corrected chi connectivity index (χ1v) is 5.13. The van der Waals surface area contributed by atoms with Crippen LogP contribution in [0.15, 0.2) is 0 Å². The molecule has 0 bridgehead atoms. The summed E-state index contributed by atoms with van der Waals surface area (Å²) in [5.74, 6) is -0.995. The first-order valence-electron chi connectivity index (χ1n) is 5.13. The van der Waals surface area contributed by atoms with E-state index in [1.807, 2.05) is 0 Å². The predicted octanol–water partition coefficient (Wildman–Crippen LogP) is -1.01. The van der Waals surface area contributed by atoms with E-state index in [4.69, 9.17) is 5.73 Å². The quantitative estimate of drug-likeness (QED) is 0.591. The van der Waals surface area contributed by atoms with Crippen molar-refractivity contribution < 1.29 is 14.4 Å². The number of likely N-dealkylation sites (tertiary alicyclic amines) is 1. The highest BCUT2D eigenvalue weighted by atomic mass is 16.2. The molecule has 1 unspecified atom stereocenters. The summed E-state index contributed by atoms with van der Waals surface area (Å²) < 4.78 is 0. The lowest BCUT2D eigenvalue weighted by molar-refractivity contribution is -0.149. The number of nitrogens with two attached hydrogens (primary N) is 1. The molecule has 0 aromatic heterocycles. The van der Waals surface area contributed by atoms with Gasteiger partial charge in [-0.25, -0.2) is 0 Å². The van der Waals surface area contributed by atoms with Gasteiger partial charge in [0, 0.05) is 13.5 Å². The Hall–Kier alpha value is -1.43. The van der Waals surface area contributed by atoms with Crippen molar-refractivity contribution in [1.29, 1.82) is 0 Å². The van der Waals surface area contributed by atoms with Gasteiger partial charge in [-0.15, -0.1) is 0 Å². The summed E-state index contributed by atoms with van der Waals surface area (Å²) in [6.45, 7) is 3.12. The molecule has 1 heterocycles. The summed E-state index contributed by atoms with van der Waals surface area (Å²) in [6, 6.07) is -0.641. The number of amides is 3. The van der Waals surface area contributed by atoms with E-state index in [1.165, 1.54) is 7.05 Å². The van der Waals surface area contributed by atoms with Gasteiger partial charge in [0.25, 0.3) is 5.91 Å². The van der Waals surface area contributed by atoms with E-state index in [1.54, 1.807) is 13.8 Å². The van der Waals surface area contributed by atoms with Crippen molar-refractivity contribution in [2.45, 2.75) is 38.3 Å². The number of carbonyl (C=O) groups is 3. The van der Waals surface area contributed by atoms with Gasteiger partial charge in [0.1, 0.15) is 6.04 Å². The van der Waals surface area contributed by atoms with Crippen molar-refractivity contribution in [1.82, 2.24) is 10.2 Å². The lowest BCUT2D eigenvalue weighted by Gasteiger charge is -2.30. The van der Waals surface area contributed by atoms with Gasteiger partial charge in [-0.3, -0.25) is 19.3 Å². The van der Waals surface area contributed by atoms with Crippen LogP contribution in [0.25, 0.3) is 0 Å². The molecule has 16 heavy (non-hydrogen) atoms. The summed E-state index contributed by atoms with van der Waals surface area (Å²) in [5.41, 5.74) is 4.57. The van der Waals surface area contributed by atoms with Gasteiger partial charge in [-0.05, 0) is 20.3 Å². The minimum absolute atomic E-state index is 0.220. The highest BCUT2D eigenvalue weighted by Crippen LogP contribution is 2.12. The summed E-state index contributed by atoms with van der Waals surface area (Å²) in [6.07, 6.45) is 0.599. The van der Waals surface area contributed by atoms with Gasteiger partial charge in [-0.1, -0.05) is 0 Å². The number of rotatable bonds is 2. The molecule has 0 spiro atoms. The molecule has 1 saturated heterocycles. The zero-order valence-electron chi connectivity index (χ0n) is 9.74. The number of nitrogens with zero attached hydrogens (tertiary/aromatic N) is 1. The minimum atomic E-state index is -1.03. The van der Waals surface area contributed by atoms with Crippen molar-refractivity contribution >= 4 is 17.7 Å². The summed E-state index contributed by atoms with van der Waals surface area (Å²) in [7, 11) is 1.41. The molecular formula is C10H17N3O3. The second-order valence-corrected chi connectivity index (χ2v) is 4.58. The molecule has 1 fully saturated rings. The van der Waals surface area contributed by atoms with Crippen LogP contribution in [0.2, 0.25) is 0 Å².